The van der Waals surface area contributed by atoms with E-state index in [0.717, 1.165) is 30.3 Å². The maximum absolute atomic E-state index is 12.7. The number of carbonyl (C=O) groups is 3. The Kier molecular flexibility index (Phi) is 18.0. The van der Waals surface area contributed by atoms with Crippen molar-refractivity contribution >= 4 is 74.7 Å². The SMILES string of the molecule is CCOC(=O)COC(=O)c1cc(Oc2ccc(C(F)(F)F)cc2Cl)ccc1[N+](=O)[O-].N#Cc1cc(Br)c(O)c(Br)c1.O=C(O)CNCP(=O)(O)O. The van der Waals surface area contributed by atoms with Gasteiger partial charge in [-0.25, -0.2) is 9.59 Å². The van der Waals surface area contributed by atoms with E-state index in [0.29, 0.717) is 20.6 Å². The number of nitriles is 1. The Hall–Kier alpha value is -4.29. The number of aliphatic carboxylic acids is 1. The summed E-state index contributed by atoms with van der Waals surface area (Å²) in [6.45, 7) is 0.385. The monoisotopic (exact) mass is 891 g/mol. The average molecular weight is 894 g/mol. The van der Waals surface area contributed by atoms with Gasteiger partial charge in [-0.1, -0.05) is 11.6 Å². The van der Waals surface area contributed by atoms with Crippen LogP contribution in [0, 0.1) is 21.4 Å². The van der Waals surface area contributed by atoms with Crippen LogP contribution in [0.4, 0.5) is 18.9 Å². The van der Waals surface area contributed by atoms with Gasteiger partial charge < -0.3 is 34.2 Å². The number of carboxylic acid groups (broad SMARTS) is 1. The lowest BCUT2D eigenvalue weighted by Crippen LogP contribution is -2.23. The van der Waals surface area contributed by atoms with Gasteiger partial charge in [-0.3, -0.25) is 24.8 Å². The van der Waals surface area contributed by atoms with Gasteiger partial charge in [0.2, 0.25) is 0 Å². The Morgan fingerprint density at radius 1 is 1.08 bits per heavy atom. The minimum atomic E-state index is -4.61. The predicted molar refractivity (Wildman–Crippen MR) is 177 cm³/mol. The minimum absolute atomic E-state index is 0.0493. The first-order chi connectivity index (χ1) is 23.6. The summed E-state index contributed by atoms with van der Waals surface area (Å²) in [6, 6.07) is 10.4. The minimum Gasteiger partial charge on any atom is -0.506 e. The highest BCUT2D eigenvalue weighted by Crippen LogP contribution is 2.37. The van der Waals surface area contributed by atoms with Crippen molar-refractivity contribution in [1.29, 1.82) is 5.26 Å². The number of phenolic OH excluding ortho intramolecular Hbond substituents is 1. The van der Waals surface area contributed by atoms with Crippen LogP contribution in [-0.4, -0.2) is 68.9 Å². The van der Waals surface area contributed by atoms with Gasteiger partial charge in [-0.2, -0.15) is 18.4 Å². The van der Waals surface area contributed by atoms with Crippen molar-refractivity contribution < 1.29 is 71.3 Å². The normalized spacial score (nSPS) is 10.7. The lowest BCUT2D eigenvalue weighted by molar-refractivity contribution is -0.385. The first-order valence-corrected chi connectivity index (χ1v) is 17.1. The second-order valence-electron chi connectivity index (χ2n) is 9.11. The van der Waals surface area contributed by atoms with Crippen LogP contribution in [0.1, 0.15) is 28.4 Å². The number of phenols is 1. The van der Waals surface area contributed by atoms with Crippen LogP contribution in [0.2, 0.25) is 5.02 Å². The second-order valence-corrected chi connectivity index (χ2v) is 12.9. The topological polar surface area (TPSA) is 256 Å². The van der Waals surface area contributed by atoms with E-state index in [2.05, 4.69) is 41.9 Å². The number of esters is 2. The first-order valence-electron chi connectivity index (χ1n) is 13.3. The largest absolute Gasteiger partial charge is 0.506 e. The summed E-state index contributed by atoms with van der Waals surface area (Å²) in [5.74, 6) is -3.39. The van der Waals surface area contributed by atoms with Crippen molar-refractivity contribution in [1.82, 2.24) is 5.32 Å². The highest BCUT2D eigenvalue weighted by Gasteiger charge is 2.31. The standard InChI is InChI=1S/C18H13ClF3NO7.C7H3Br2NO.C3H8NO5P/c1-2-28-16(24)9-29-17(25)12-8-11(4-5-14(12)23(26)27)30-15-6-3-10(7-13(15)19)18(20,21)22;8-5-1-4(3-10)2-6(9)7(5)11;5-3(6)1-4-2-10(7,8)9/h3-8H,2,9H2,1H3;1-2,11H;4H,1-2H2,(H,5,6)(H2,7,8,9). The van der Waals surface area contributed by atoms with E-state index in [-0.39, 0.29) is 28.9 Å². The summed E-state index contributed by atoms with van der Waals surface area (Å²) in [5, 5.41) is 38.6. The Morgan fingerprint density at radius 3 is 2.16 bits per heavy atom. The lowest BCUT2D eigenvalue weighted by Gasteiger charge is -2.12. The summed E-state index contributed by atoms with van der Waals surface area (Å²) in [7, 11) is -4.10. The molecular weight excluding hydrogens is 870 g/mol. The third kappa shape index (κ3) is 16.5. The number of nitrogens with zero attached hydrogens (tertiary/aromatic N) is 2. The molecule has 0 unspecified atom stereocenters. The average Bonchev–Trinajstić information content (AvgIpc) is 3.02. The highest BCUT2D eigenvalue weighted by atomic mass is 79.9. The number of hydrogen-bond acceptors (Lipinski definition) is 12. The molecule has 0 fully saturated rings. The molecule has 0 atom stereocenters. The van der Waals surface area contributed by atoms with E-state index in [9.17, 15) is 47.3 Å². The Morgan fingerprint density at radius 2 is 1.69 bits per heavy atom. The van der Waals surface area contributed by atoms with Gasteiger partial charge in [0, 0.05) is 12.1 Å². The third-order valence-corrected chi connectivity index (χ3v) is 7.38. The number of aromatic hydroxyl groups is 1. The van der Waals surface area contributed by atoms with E-state index in [4.69, 9.17) is 41.2 Å². The molecular formula is C28H24Br2ClF3N3O13P. The van der Waals surface area contributed by atoms with Gasteiger partial charge in [0.1, 0.15) is 22.8 Å². The number of alkyl halides is 3. The number of carboxylic acids is 1. The molecule has 23 heteroatoms. The van der Waals surface area contributed by atoms with Crippen molar-refractivity contribution in [2.24, 2.45) is 0 Å². The molecule has 0 aliphatic carbocycles. The molecule has 0 aliphatic heterocycles. The number of carbonyl (C=O) groups excluding carboxylic acids is 2. The number of nitrogens with one attached hydrogen (secondary N) is 1. The molecule has 3 aromatic rings. The molecule has 16 nitrogen and oxygen atoms in total. The van der Waals surface area contributed by atoms with Crippen LogP contribution in [0.25, 0.3) is 0 Å². The zero-order chi connectivity index (χ0) is 39.1. The molecule has 3 aromatic carbocycles. The van der Waals surface area contributed by atoms with Crippen molar-refractivity contribution in [2.45, 2.75) is 13.1 Å². The Bertz CT molecular complexity index is 1820. The molecule has 0 radical (unpaired) electrons. The Labute approximate surface area is 307 Å². The fourth-order valence-corrected chi connectivity index (χ4v) is 4.94. The fourth-order valence-electron chi connectivity index (χ4n) is 3.13. The number of nitro benzene ring substituents is 1. The summed E-state index contributed by atoms with van der Waals surface area (Å²) < 4.78 is 63.9. The third-order valence-electron chi connectivity index (χ3n) is 5.24. The second kappa shape index (κ2) is 20.5. The fraction of sp³-hybridized carbons (Fsp3) is 0.214. The van der Waals surface area contributed by atoms with E-state index in [1.807, 2.05) is 6.07 Å². The van der Waals surface area contributed by atoms with Crippen molar-refractivity contribution in [2.75, 3.05) is 26.0 Å². The molecule has 0 spiro atoms. The van der Waals surface area contributed by atoms with Gasteiger partial charge in [0.15, 0.2) is 6.61 Å². The summed E-state index contributed by atoms with van der Waals surface area (Å²) >= 11 is 12.0. The zero-order valence-corrected chi connectivity index (χ0v) is 30.3. The summed E-state index contributed by atoms with van der Waals surface area (Å²) in [6.07, 6.45) is -5.20. The van der Waals surface area contributed by atoms with Crippen LogP contribution in [0.15, 0.2) is 57.5 Å². The molecule has 0 aliphatic rings. The number of benzene rings is 3. The molecule has 3 rings (SSSR count). The van der Waals surface area contributed by atoms with E-state index in [1.165, 1.54) is 6.92 Å². The molecule has 0 saturated heterocycles. The number of hydrogen-bond donors (Lipinski definition) is 5. The van der Waals surface area contributed by atoms with Crippen LogP contribution in [0.5, 0.6) is 17.2 Å². The molecule has 276 valence electrons. The van der Waals surface area contributed by atoms with Gasteiger partial charge in [0.25, 0.3) is 5.69 Å². The van der Waals surface area contributed by atoms with Crippen LogP contribution in [-0.2, 0) is 29.8 Å². The molecule has 0 amide bonds. The smallest absolute Gasteiger partial charge is 0.416 e. The molecule has 0 heterocycles. The summed E-state index contributed by atoms with van der Waals surface area (Å²) in [5.41, 5.74) is -1.66. The summed E-state index contributed by atoms with van der Waals surface area (Å²) in [4.78, 5) is 59.9. The lowest BCUT2D eigenvalue weighted by atomic mass is 10.1. The van der Waals surface area contributed by atoms with Gasteiger partial charge >= 0.3 is 31.7 Å². The first kappa shape index (κ1) is 44.7. The quantitative estimate of drug-likeness (QED) is 0.0607. The molecule has 5 N–H and O–H groups in total. The number of nitro groups is 1. The van der Waals surface area contributed by atoms with E-state index >= 15 is 0 Å². The number of ether oxygens (including phenoxy) is 3. The predicted octanol–water partition coefficient (Wildman–Crippen LogP) is 6.36. The number of halogens is 6. The molecule has 0 bridgehead atoms. The molecule has 0 saturated carbocycles. The van der Waals surface area contributed by atoms with Crippen molar-refractivity contribution in [3.8, 4) is 23.3 Å². The van der Waals surface area contributed by atoms with E-state index in [1.54, 1.807) is 12.1 Å². The van der Waals surface area contributed by atoms with E-state index < -0.39 is 72.9 Å². The van der Waals surface area contributed by atoms with Gasteiger partial charge in [0.05, 0.1) is 55.5 Å². The maximum atomic E-state index is 12.7. The van der Waals surface area contributed by atoms with Crippen molar-refractivity contribution in [3.05, 3.63) is 89.3 Å². The van der Waals surface area contributed by atoms with Gasteiger partial charge in [-0.15, -0.1) is 0 Å². The molecule has 0 aromatic heterocycles. The zero-order valence-electron chi connectivity index (χ0n) is 25.5. The van der Waals surface area contributed by atoms with Crippen molar-refractivity contribution in [3.63, 3.8) is 0 Å². The maximum Gasteiger partial charge on any atom is 0.416 e. The van der Waals surface area contributed by atoms with Gasteiger partial charge in [-0.05, 0) is 75.2 Å². The Balaban J connectivity index is 0.000000503. The highest BCUT2D eigenvalue weighted by molar-refractivity contribution is 9.11. The van der Waals surface area contributed by atoms with Crippen LogP contribution >= 0.6 is 51.1 Å². The number of rotatable bonds is 11. The van der Waals surface area contributed by atoms with Crippen LogP contribution in [0.3, 0.4) is 0 Å². The van der Waals surface area contributed by atoms with Crippen LogP contribution < -0.4 is 10.1 Å². The molecule has 51 heavy (non-hydrogen) atoms.